The van der Waals surface area contributed by atoms with Crippen LogP contribution in [0.5, 0.6) is 5.75 Å². The SMILES string of the molecule is [2H]C([2H])([2H])N1C(=O)c2cccc(C#C[Si](C(C)C)(C(C)C)C(C)C)c2[C@H]2C[C@@H]1c1nc3ccc(OCc4cnn(C)c4)cc3n12. The minimum atomic E-state index is -2.64. The molecule has 218 valence electrons. The van der Waals surface area contributed by atoms with Gasteiger partial charge in [0, 0.05) is 59.1 Å². The molecule has 1 amide bonds. The van der Waals surface area contributed by atoms with E-state index in [1.807, 2.05) is 43.6 Å². The van der Waals surface area contributed by atoms with Crippen LogP contribution in [0, 0.1) is 11.5 Å². The number of ether oxygens (including phenoxy) is 1. The molecular formula is C34H41N5O2Si. The topological polar surface area (TPSA) is 65.2 Å². The third-order valence-corrected chi connectivity index (χ3v) is 15.7. The third-order valence-electron chi connectivity index (χ3n) is 9.39. The summed E-state index contributed by atoms with van der Waals surface area (Å²) in [6, 6.07) is 10.3. The number of hydrogen-bond donors (Lipinski definition) is 0. The number of rotatable bonds is 6. The smallest absolute Gasteiger partial charge is 0.254 e. The number of hydrogen-bond acceptors (Lipinski definition) is 4. The number of imidazole rings is 1. The summed E-state index contributed by atoms with van der Waals surface area (Å²) in [7, 11) is -0.217. The molecule has 2 aromatic carbocycles. The van der Waals surface area contributed by atoms with E-state index in [1.165, 1.54) is 0 Å². The van der Waals surface area contributed by atoms with E-state index in [-0.39, 0.29) is 6.04 Å². The molecule has 42 heavy (non-hydrogen) atoms. The van der Waals surface area contributed by atoms with E-state index in [9.17, 15) is 4.79 Å². The van der Waals surface area contributed by atoms with Crippen molar-refractivity contribution in [3.8, 4) is 17.2 Å². The van der Waals surface area contributed by atoms with Crippen molar-refractivity contribution in [2.45, 2.75) is 83.3 Å². The van der Waals surface area contributed by atoms with Crippen molar-refractivity contribution in [3.63, 3.8) is 0 Å². The van der Waals surface area contributed by atoms with Crippen molar-refractivity contribution in [2.24, 2.45) is 7.05 Å². The van der Waals surface area contributed by atoms with Crippen molar-refractivity contribution < 1.29 is 13.6 Å². The van der Waals surface area contributed by atoms with Gasteiger partial charge >= 0.3 is 0 Å². The fourth-order valence-electron chi connectivity index (χ4n) is 7.45. The molecule has 7 nitrogen and oxygen atoms in total. The van der Waals surface area contributed by atoms with Crippen molar-refractivity contribution in [3.05, 3.63) is 76.9 Å². The zero-order chi connectivity index (χ0) is 32.4. The average Bonchev–Trinajstić information content (AvgIpc) is 3.62. The molecule has 0 aliphatic carbocycles. The zero-order valence-electron chi connectivity index (χ0n) is 28.5. The monoisotopic (exact) mass is 582 g/mol. The standard InChI is InChI=1S/C34H41N5O2Si/c1-21(2)42(22(3)4,23(5)6)15-14-25-10-9-11-27-32(25)30-17-31(38(8)34(27)40)33-36-28-13-12-26(16-29(28)39(30)33)41-20-24-18-35-37(7)19-24/h9-13,16,18-19,21-23,30-31H,17,20H2,1-8H3/t30-,31-/m1/s1/i8D3. The number of benzene rings is 2. The molecular weight excluding hydrogens is 538 g/mol. The molecule has 2 atom stereocenters. The van der Waals surface area contributed by atoms with E-state index in [2.05, 4.69) is 62.7 Å². The number of aromatic nitrogens is 4. The Bertz CT molecular complexity index is 1820. The highest BCUT2D eigenvalue weighted by molar-refractivity contribution is 6.90. The lowest BCUT2D eigenvalue weighted by atomic mass is 9.94. The van der Waals surface area contributed by atoms with Gasteiger partial charge < -0.3 is 14.2 Å². The first-order chi connectivity index (χ1) is 21.2. The maximum Gasteiger partial charge on any atom is 0.254 e. The third kappa shape index (κ3) is 4.37. The second kappa shape index (κ2) is 10.5. The summed E-state index contributed by atoms with van der Waals surface area (Å²) < 4.78 is 35.2. The Morgan fingerprint density at radius 3 is 2.52 bits per heavy atom. The highest BCUT2D eigenvalue weighted by Gasteiger charge is 2.45. The van der Waals surface area contributed by atoms with Crippen LogP contribution >= 0.6 is 0 Å². The predicted molar refractivity (Wildman–Crippen MR) is 169 cm³/mol. The molecule has 0 fully saturated rings. The highest BCUT2D eigenvalue weighted by atomic mass is 28.3. The Morgan fingerprint density at radius 2 is 1.86 bits per heavy atom. The van der Waals surface area contributed by atoms with E-state index < -0.39 is 27.0 Å². The summed E-state index contributed by atoms with van der Waals surface area (Å²) in [4.78, 5) is 20.1. The van der Waals surface area contributed by atoms with E-state index in [4.69, 9.17) is 13.8 Å². The molecule has 0 saturated heterocycles. The van der Waals surface area contributed by atoms with E-state index >= 15 is 0 Å². The van der Waals surface area contributed by atoms with Crippen LogP contribution in [0.25, 0.3) is 11.0 Å². The number of carbonyl (C=O) groups excluding carboxylic acids is 1. The fraction of sp³-hybridized carbons (Fsp3) is 0.441. The Balaban J connectivity index is 1.53. The minimum Gasteiger partial charge on any atom is -0.489 e. The molecule has 0 spiro atoms. The number of aryl methyl sites for hydroxylation is 1. The molecule has 0 unspecified atom stereocenters. The molecule has 0 N–H and O–H groups in total. The van der Waals surface area contributed by atoms with Gasteiger partial charge in [0.25, 0.3) is 5.91 Å². The van der Waals surface area contributed by atoms with Crippen LogP contribution in [0.15, 0.2) is 48.8 Å². The lowest BCUT2D eigenvalue weighted by Crippen LogP contribution is -2.43. The quantitative estimate of drug-likeness (QED) is 0.181. The largest absolute Gasteiger partial charge is 0.489 e. The van der Waals surface area contributed by atoms with E-state index in [1.54, 1.807) is 16.9 Å². The van der Waals surface area contributed by atoms with Crippen molar-refractivity contribution in [1.29, 1.82) is 0 Å². The number of amides is 1. The molecule has 6 rings (SSSR count). The summed E-state index contributed by atoms with van der Waals surface area (Å²) >= 11 is 0. The fourth-order valence-corrected chi connectivity index (χ4v) is 12.7. The van der Waals surface area contributed by atoms with E-state index in [0.29, 0.717) is 46.8 Å². The van der Waals surface area contributed by atoms with Crippen LogP contribution in [0.1, 0.15) is 97.0 Å². The predicted octanol–water partition coefficient (Wildman–Crippen LogP) is 7.04. The van der Waals surface area contributed by atoms with Crippen molar-refractivity contribution >= 4 is 25.0 Å². The van der Waals surface area contributed by atoms with Crippen LogP contribution in [-0.4, -0.2) is 45.2 Å². The summed E-state index contributed by atoms with van der Waals surface area (Å²) in [6.07, 6.45) is 4.10. The normalized spacial score (nSPS) is 19.3. The Morgan fingerprint density at radius 1 is 1.10 bits per heavy atom. The van der Waals surface area contributed by atoms with Gasteiger partial charge in [-0.1, -0.05) is 53.5 Å². The van der Waals surface area contributed by atoms with Crippen LogP contribution < -0.4 is 4.74 Å². The van der Waals surface area contributed by atoms with Gasteiger partial charge in [0.2, 0.25) is 0 Å². The van der Waals surface area contributed by atoms with E-state index in [0.717, 1.165) is 32.6 Å². The van der Waals surface area contributed by atoms with Crippen LogP contribution in [-0.2, 0) is 13.7 Å². The molecule has 0 saturated carbocycles. The maximum atomic E-state index is 14.1. The molecule has 0 radical (unpaired) electrons. The van der Waals surface area contributed by atoms with Crippen LogP contribution in [0.2, 0.25) is 16.6 Å². The van der Waals surface area contributed by atoms with Crippen LogP contribution in [0.3, 0.4) is 0 Å². The molecule has 2 aliphatic rings. The molecule has 2 aromatic heterocycles. The first-order valence-electron chi connectivity index (χ1n) is 16.4. The zero-order valence-corrected chi connectivity index (χ0v) is 26.5. The van der Waals surface area contributed by atoms with Gasteiger partial charge in [-0.05, 0) is 40.9 Å². The van der Waals surface area contributed by atoms with Gasteiger partial charge in [-0.3, -0.25) is 9.48 Å². The molecule has 2 aliphatic heterocycles. The van der Waals surface area contributed by atoms with Gasteiger partial charge in [-0.25, -0.2) is 4.98 Å². The van der Waals surface area contributed by atoms with Gasteiger partial charge in [0.1, 0.15) is 26.3 Å². The first kappa shape index (κ1) is 24.7. The van der Waals surface area contributed by atoms with Gasteiger partial charge in [-0.15, -0.1) is 5.54 Å². The lowest BCUT2D eigenvalue weighted by molar-refractivity contribution is 0.0734. The second-order valence-corrected chi connectivity index (χ2v) is 18.2. The molecule has 8 heteroatoms. The number of fused-ring (bicyclic) bond motifs is 9. The number of nitrogens with zero attached hydrogens (tertiary/aromatic N) is 5. The summed E-state index contributed by atoms with van der Waals surface area (Å²) in [5, 5.41) is 4.22. The maximum absolute atomic E-state index is 14.1. The van der Waals surface area contributed by atoms with Crippen molar-refractivity contribution in [2.75, 3.05) is 6.98 Å². The summed E-state index contributed by atoms with van der Waals surface area (Å²) in [5.41, 5.74) is 9.66. The highest BCUT2D eigenvalue weighted by Crippen LogP contribution is 2.49. The molecule has 2 bridgehead atoms. The second-order valence-electron chi connectivity index (χ2n) is 12.7. The summed E-state index contributed by atoms with van der Waals surface area (Å²) in [6.45, 7) is 11.4. The Labute approximate surface area is 254 Å². The van der Waals surface area contributed by atoms with Gasteiger partial charge in [-0.2, -0.15) is 5.10 Å². The Kier molecular flexibility index (Phi) is 6.16. The lowest BCUT2D eigenvalue weighted by Gasteiger charge is -2.38. The molecule has 4 aromatic rings. The van der Waals surface area contributed by atoms with Crippen LogP contribution in [0.4, 0.5) is 0 Å². The van der Waals surface area contributed by atoms with Gasteiger partial charge in [0.15, 0.2) is 0 Å². The van der Waals surface area contributed by atoms with Crippen molar-refractivity contribution in [1.82, 2.24) is 24.2 Å². The molecule has 4 heterocycles. The first-order valence-corrected chi connectivity index (χ1v) is 17.1. The Hall–Kier alpha value is -3.83. The van der Waals surface area contributed by atoms with Gasteiger partial charge in [0.05, 0.1) is 29.3 Å². The minimum absolute atomic E-state index is 0.311. The average molecular weight is 583 g/mol. The number of carbonyl (C=O) groups is 1. The summed E-state index contributed by atoms with van der Waals surface area (Å²) in [5.74, 6) is 4.35.